The molecule has 0 aliphatic heterocycles. The van der Waals surface area contributed by atoms with Gasteiger partial charge in [-0.05, 0) is 24.3 Å². The van der Waals surface area contributed by atoms with Gasteiger partial charge in [0.25, 0.3) is 0 Å². The standard InChI is InChI=1S/C11H15BrN2O4/c12-8-1-3-10(4-2-8)17-6-9(15)5-14-18-7-11(13)16/h1-4,9,14-15H,5-7H2,(H2,13,16). The van der Waals surface area contributed by atoms with E-state index in [-0.39, 0.29) is 19.8 Å². The zero-order valence-electron chi connectivity index (χ0n) is 9.64. The second kappa shape index (κ2) is 8.04. The molecule has 4 N–H and O–H groups in total. The van der Waals surface area contributed by atoms with E-state index in [1.807, 2.05) is 12.1 Å². The first-order valence-corrected chi connectivity index (χ1v) is 6.06. The molecule has 0 bridgehead atoms. The lowest BCUT2D eigenvalue weighted by atomic mass is 10.3. The quantitative estimate of drug-likeness (QED) is 0.470. The van der Waals surface area contributed by atoms with Gasteiger partial charge in [0, 0.05) is 4.47 Å². The molecule has 7 heteroatoms. The lowest BCUT2D eigenvalue weighted by Crippen LogP contribution is -2.33. The summed E-state index contributed by atoms with van der Waals surface area (Å²) in [6.45, 7) is 0.0264. The molecule has 0 saturated heterocycles. The number of nitrogens with one attached hydrogen (secondary N) is 1. The van der Waals surface area contributed by atoms with Crippen LogP contribution in [0.5, 0.6) is 5.75 Å². The van der Waals surface area contributed by atoms with Gasteiger partial charge in [-0.15, -0.1) is 0 Å². The van der Waals surface area contributed by atoms with Crippen molar-refractivity contribution in [3.63, 3.8) is 0 Å². The summed E-state index contributed by atoms with van der Waals surface area (Å²) in [5.41, 5.74) is 7.28. The highest BCUT2D eigenvalue weighted by Crippen LogP contribution is 2.16. The molecule has 0 spiro atoms. The zero-order chi connectivity index (χ0) is 13.4. The van der Waals surface area contributed by atoms with Crippen LogP contribution in [-0.2, 0) is 9.63 Å². The third-order valence-electron chi connectivity index (χ3n) is 1.89. The lowest BCUT2D eigenvalue weighted by molar-refractivity contribution is -0.125. The third kappa shape index (κ3) is 6.55. The number of halogens is 1. The van der Waals surface area contributed by atoms with Gasteiger partial charge in [-0.25, -0.2) is 0 Å². The van der Waals surface area contributed by atoms with E-state index in [2.05, 4.69) is 26.2 Å². The Morgan fingerprint density at radius 3 is 2.72 bits per heavy atom. The molecule has 1 rings (SSSR count). The summed E-state index contributed by atoms with van der Waals surface area (Å²) in [6.07, 6.45) is -0.749. The summed E-state index contributed by atoms with van der Waals surface area (Å²) in [4.78, 5) is 15.0. The highest BCUT2D eigenvalue weighted by atomic mass is 79.9. The number of benzene rings is 1. The highest BCUT2D eigenvalue weighted by molar-refractivity contribution is 9.10. The highest BCUT2D eigenvalue weighted by Gasteiger charge is 2.05. The van der Waals surface area contributed by atoms with Crippen LogP contribution in [0.2, 0.25) is 0 Å². The number of ether oxygens (including phenoxy) is 1. The van der Waals surface area contributed by atoms with E-state index in [0.717, 1.165) is 4.47 Å². The minimum absolute atomic E-state index is 0.120. The number of hydroxylamine groups is 1. The molecule has 1 amide bonds. The average Bonchev–Trinajstić information content (AvgIpc) is 2.34. The number of primary amides is 1. The smallest absolute Gasteiger partial charge is 0.245 e. The Morgan fingerprint density at radius 1 is 1.44 bits per heavy atom. The third-order valence-corrected chi connectivity index (χ3v) is 2.42. The van der Waals surface area contributed by atoms with E-state index in [9.17, 15) is 9.90 Å². The van der Waals surface area contributed by atoms with E-state index in [0.29, 0.717) is 5.75 Å². The minimum Gasteiger partial charge on any atom is -0.491 e. The molecule has 0 fully saturated rings. The maximum absolute atomic E-state index is 10.3. The Hall–Kier alpha value is -1.15. The first-order chi connectivity index (χ1) is 8.58. The molecule has 1 aromatic rings. The average molecular weight is 319 g/mol. The Bertz CT molecular complexity index is 372. The van der Waals surface area contributed by atoms with Crippen molar-refractivity contribution in [2.45, 2.75) is 6.10 Å². The molecule has 0 aliphatic carbocycles. The normalized spacial score (nSPS) is 12.1. The SMILES string of the molecule is NC(=O)CONCC(O)COc1ccc(Br)cc1. The van der Waals surface area contributed by atoms with Crippen LogP contribution in [0.25, 0.3) is 0 Å². The fraction of sp³-hybridized carbons (Fsp3) is 0.364. The van der Waals surface area contributed by atoms with Gasteiger partial charge in [0.05, 0.1) is 6.54 Å². The molecule has 0 saturated carbocycles. The Balaban J connectivity index is 2.14. The van der Waals surface area contributed by atoms with Crippen molar-refractivity contribution in [1.82, 2.24) is 5.48 Å². The van der Waals surface area contributed by atoms with Crippen LogP contribution in [0.3, 0.4) is 0 Å². The van der Waals surface area contributed by atoms with Gasteiger partial charge in [-0.1, -0.05) is 15.9 Å². The molecule has 0 aliphatic rings. The van der Waals surface area contributed by atoms with Crippen molar-refractivity contribution < 1.29 is 19.5 Å². The number of hydrogen-bond acceptors (Lipinski definition) is 5. The first kappa shape index (κ1) is 14.9. The van der Waals surface area contributed by atoms with Crippen molar-refractivity contribution >= 4 is 21.8 Å². The summed E-state index contributed by atoms with van der Waals surface area (Å²) < 4.78 is 6.30. The van der Waals surface area contributed by atoms with E-state index in [1.54, 1.807) is 12.1 Å². The van der Waals surface area contributed by atoms with Crippen LogP contribution in [0.4, 0.5) is 0 Å². The Kier molecular flexibility index (Phi) is 6.66. The maximum atomic E-state index is 10.3. The Morgan fingerprint density at radius 2 is 2.11 bits per heavy atom. The maximum Gasteiger partial charge on any atom is 0.245 e. The molecular weight excluding hydrogens is 304 g/mol. The number of aliphatic hydroxyl groups is 1. The monoisotopic (exact) mass is 318 g/mol. The van der Waals surface area contributed by atoms with Crippen LogP contribution in [0.15, 0.2) is 28.7 Å². The number of amides is 1. The van der Waals surface area contributed by atoms with Gasteiger partial charge in [-0.3, -0.25) is 9.63 Å². The second-order valence-corrected chi connectivity index (χ2v) is 4.44. The molecule has 0 heterocycles. The van der Waals surface area contributed by atoms with Gasteiger partial charge in [0.15, 0.2) is 0 Å². The topological polar surface area (TPSA) is 93.8 Å². The van der Waals surface area contributed by atoms with Gasteiger partial charge in [-0.2, -0.15) is 5.48 Å². The molecule has 0 radical (unpaired) electrons. The van der Waals surface area contributed by atoms with Gasteiger partial charge < -0.3 is 15.6 Å². The lowest BCUT2D eigenvalue weighted by Gasteiger charge is -2.12. The van der Waals surface area contributed by atoms with Crippen LogP contribution in [0.1, 0.15) is 0 Å². The summed E-state index contributed by atoms with van der Waals surface area (Å²) in [5, 5.41) is 9.54. The van der Waals surface area contributed by atoms with Crippen LogP contribution in [-0.4, -0.2) is 36.9 Å². The molecule has 0 aromatic heterocycles. The van der Waals surface area contributed by atoms with Gasteiger partial charge in [0.1, 0.15) is 25.1 Å². The van der Waals surface area contributed by atoms with Crippen LogP contribution >= 0.6 is 15.9 Å². The van der Waals surface area contributed by atoms with E-state index >= 15 is 0 Å². The van der Waals surface area contributed by atoms with Crippen molar-refractivity contribution in [3.8, 4) is 5.75 Å². The molecule has 18 heavy (non-hydrogen) atoms. The number of carbonyl (C=O) groups excluding carboxylic acids is 1. The van der Waals surface area contributed by atoms with E-state index in [4.69, 9.17) is 10.5 Å². The van der Waals surface area contributed by atoms with Gasteiger partial charge >= 0.3 is 0 Å². The number of carbonyl (C=O) groups is 1. The molecule has 1 aromatic carbocycles. The molecule has 6 nitrogen and oxygen atoms in total. The fourth-order valence-corrected chi connectivity index (χ4v) is 1.32. The van der Waals surface area contributed by atoms with Crippen LogP contribution < -0.4 is 16.0 Å². The molecule has 1 atom stereocenters. The largest absolute Gasteiger partial charge is 0.491 e. The first-order valence-electron chi connectivity index (χ1n) is 5.27. The minimum atomic E-state index is -0.749. The summed E-state index contributed by atoms with van der Waals surface area (Å²) in [7, 11) is 0. The van der Waals surface area contributed by atoms with E-state index < -0.39 is 12.0 Å². The Labute approximate surface area is 113 Å². The van der Waals surface area contributed by atoms with Crippen LogP contribution in [0, 0.1) is 0 Å². The van der Waals surface area contributed by atoms with Crippen molar-refractivity contribution in [2.24, 2.45) is 5.73 Å². The second-order valence-electron chi connectivity index (χ2n) is 3.52. The van der Waals surface area contributed by atoms with E-state index in [1.165, 1.54) is 0 Å². The van der Waals surface area contributed by atoms with Crippen molar-refractivity contribution in [3.05, 3.63) is 28.7 Å². The number of rotatable bonds is 8. The fourth-order valence-electron chi connectivity index (χ4n) is 1.06. The number of aliphatic hydroxyl groups excluding tert-OH is 1. The summed E-state index contributed by atoms with van der Waals surface area (Å²) >= 11 is 3.31. The predicted octanol–water partition coefficient (Wildman–Crippen LogP) is 0.195. The molecular formula is C11H15BrN2O4. The van der Waals surface area contributed by atoms with Crippen molar-refractivity contribution in [1.29, 1.82) is 0 Å². The molecule has 100 valence electrons. The number of nitrogens with two attached hydrogens (primary N) is 1. The van der Waals surface area contributed by atoms with Gasteiger partial charge in [0.2, 0.25) is 5.91 Å². The van der Waals surface area contributed by atoms with Crippen molar-refractivity contribution in [2.75, 3.05) is 19.8 Å². The zero-order valence-corrected chi connectivity index (χ0v) is 11.2. The number of hydrogen-bond donors (Lipinski definition) is 3. The predicted molar refractivity (Wildman–Crippen MR) is 68.8 cm³/mol. The molecule has 1 unspecified atom stereocenters. The summed E-state index contributed by atoms with van der Waals surface area (Å²) in [6, 6.07) is 7.26. The summed E-state index contributed by atoms with van der Waals surface area (Å²) in [5.74, 6) is 0.0819.